The van der Waals surface area contributed by atoms with Crippen molar-refractivity contribution in [2.75, 3.05) is 4.90 Å². The number of carbonyl (C=O) groups excluding carboxylic acids is 3. The van der Waals surface area contributed by atoms with Crippen LogP contribution in [0.4, 0.5) is 10.5 Å². The predicted molar refractivity (Wildman–Crippen MR) is 78.9 cm³/mol. The SMILES string of the molecule is CC(C)NC(=O)C1(Cl)C(=O)N(Cl)C(=O)N1c1ccccc1. The van der Waals surface area contributed by atoms with Crippen molar-refractivity contribution in [3.63, 3.8) is 0 Å². The first-order valence-electron chi connectivity index (χ1n) is 6.19. The van der Waals surface area contributed by atoms with Crippen molar-refractivity contribution in [2.24, 2.45) is 0 Å². The molecule has 0 spiro atoms. The molecule has 0 bridgehead atoms. The number of hydrogen-bond acceptors (Lipinski definition) is 3. The summed E-state index contributed by atoms with van der Waals surface area (Å²) in [5.74, 6) is -1.80. The number of anilines is 1. The van der Waals surface area contributed by atoms with E-state index >= 15 is 0 Å². The fourth-order valence-electron chi connectivity index (χ4n) is 1.95. The number of urea groups is 1. The average molecular weight is 330 g/mol. The van der Waals surface area contributed by atoms with Crippen LogP contribution in [-0.2, 0) is 9.59 Å². The molecule has 2 rings (SSSR count). The summed E-state index contributed by atoms with van der Waals surface area (Å²) in [4.78, 5) is 35.3. The minimum absolute atomic E-state index is 0.252. The lowest BCUT2D eigenvalue weighted by molar-refractivity contribution is -0.133. The second-order valence-corrected chi connectivity index (χ2v) is 5.67. The first-order chi connectivity index (χ1) is 9.80. The Morgan fingerprint density at radius 3 is 2.33 bits per heavy atom. The number of para-hydroxylation sites is 1. The molecule has 1 atom stereocenters. The normalized spacial score (nSPS) is 22.1. The van der Waals surface area contributed by atoms with Gasteiger partial charge in [0.1, 0.15) is 0 Å². The third kappa shape index (κ3) is 2.45. The van der Waals surface area contributed by atoms with Crippen LogP contribution >= 0.6 is 23.4 Å². The lowest BCUT2D eigenvalue weighted by atomic mass is 10.2. The Labute approximate surface area is 131 Å². The molecule has 1 N–H and O–H groups in total. The quantitative estimate of drug-likeness (QED) is 0.303. The lowest BCUT2D eigenvalue weighted by Gasteiger charge is -2.28. The van der Waals surface area contributed by atoms with Crippen molar-refractivity contribution in [1.82, 2.24) is 9.74 Å². The van der Waals surface area contributed by atoms with E-state index in [1.54, 1.807) is 44.2 Å². The molecule has 1 aromatic carbocycles. The average Bonchev–Trinajstić information content (AvgIpc) is 2.61. The summed E-state index contributed by atoms with van der Waals surface area (Å²) in [7, 11) is 0. The lowest BCUT2D eigenvalue weighted by Crippen LogP contribution is -2.57. The Bertz CT molecular complexity index is 594. The topological polar surface area (TPSA) is 69.7 Å². The molecule has 0 aliphatic carbocycles. The summed E-state index contributed by atoms with van der Waals surface area (Å²) in [6.07, 6.45) is 0. The van der Waals surface area contributed by atoms with E-state index in [1.807, 2.05) is 0 Å². The molecule has 1 aromatic rings. The molecule has 1 aliphatic heterocycles. The van der Waals surface area contributed by atoms with Crippen LogP contribution in [0.2, 0.25) is 0 Å². The highest BCUT2D eigenvalue weighted by atomic mass is 35.5. The highest BCUT2D eigenvalue weighted by molar-refractivity contribution is 6.56. The standard InChI is InChI=1S/C13H13Cl2N3O3/c1-8(2)16-10(19)13(14)11(20)18(15)12(21)17(13)9-6-4-3-5-7-9/h3-8H,1-2H3,(H,16,19). The summed E-state index contributed by atoms with van der Waals surface area (Å²) in [5, 5.41) is 2.53. The van der Waals surface area contributed by atoms with E-state index < -0.39 is 22.8 Å². The molecule has 0 radical (unpaired) electrons. The van der Waals surface area contributed by atoms with Crippen molar-refractivity contribution < 1.29 is 14.4 Å². The molecule has 4 amide bonds. The van der Waals surface area contributed by atoms with Crippen molar-refractivity contribution >= 4 is 46.9 Å². The van der Waals surface area contributed by atoms with Gasteiger partial charge >= 0.3 is 6.03 Å². The Morgan fingerprint density at radius 1 is 1.24 bits per heavy atom. The number of amides is 4. The second kappa shape index (κ2) is 5.54. The van der Waals surface area contributed by atoms with Crippen molar-refractivity contribution in [3.05, 3.63) is 30.3 Å². The van der Waals surface area contributed by atoms with Gasteiger partial charge in [-0.3, -0.25) is 14.5 Å². The van der Waals surface area contributed by atoms with Crippen LogP contribution < -0.4 is 10.2 Å². The number of nitrogens with one attached hydrogen (secondary N) is 1. The smallest absolute Gasteiger partial charge is 0.348 e. The van der Waals surface area contributed by atoms with Crippen LogP contribution in [0, 0.1) is 0 Å². The van der Waals surface area contributed by atoms with Gasteiger partial charge in [-0.05, 0) is 26.0 Å². The number of alkyl halides is 1. The van der Waals surface area contributed by atoms with Crippen LogP contribution in [0.15, 0.2) is 30.3 Å². The van der Waals surface area contributed by atoms with E-state index in [-0.39, 0.29) is 6.04 Å². The summed E-state index contributed by atoms with van der Waals surface area (Å²) < 4.78 is 0.319. The minimum atomic E-state index is -2.23. The maximum atomic E-state index is 12.3. The van der Waals surface area contributed by atoms with Gasteiger partial charge in [0.25, 0.3) is 16.8 Å². The van der Waals surface area contributed by atoms with Crippen molar-refractivity contribution in [2.45, 2.75) is 24.9 Å². The number of carbonyl (C=O) groups is 3. The Balaban J connectivity index is 2.51. The van der Waals surface area contributed by atoms with E-state index in [2.05, 4.69) is 5.32 Å². The summed E-state index contributed by atoms with van der Waals surface area (Å²) in [6.45, 7) is 3.43. The van der Waals surface area contributed by atoms with Gasteiger partial charge in [0.15, 0.2) is 0 Å². The van der Waals surface area contributed by atoms with Gasteiger partial charge in [0.2, 0.25) is 0 Å². The van der Waals surface area contributed by atoms with Gasteiger partial charge in [-0.15, -0.1) is 0 Å². The van der Waals surface area contributed by atoms with Gasteiger partial charge in [-0.1, -0.05) is 29.8 Å². The maximum absolute atomic E-state index is 12.3. The molecule has 21 heavy (non-hydrogen) atoms. The summed E-state index contributed by atoms with van der Waals surface area (Å²) in [6, 6.07) is 7.03. The van der Waals surface area contributed by atoms with E-state index in [4.69, 9.17) is 23.4 Å². The fourth-order valence-corrected chi connectivity index (χ4v) is 2.50. The number of benzene rings is 1. The van der Waals surface area contributed by atoms with E-state index in [0.717, 1.165) is 4.90 Å². The molecule has 1 fully saturated rings. The highest BCUT2D eigenvalue weighted by Gasteiger charge is 2.62. The first kappa shape index (κ1) is 15.6. The van der Waals surface area contributed by atoms with E-state index in [0.29, 0.717) is 10.1 Å². The monoisotopic (exact) mass is 329 g/mol. The van der Waals surface area contributed by atoms with E-state index in [9.17, 15) is 14.4 Å². The minimum Gasteiger partial charge on any atom is -0.350 e. The zero-order chi connectivity index (χ0) is 15.8. The van der Waals surface area contributed by atoms with Gasteiger partial charge in [-0.25, -0.2) is 4.79 Å². The third-order valence-corrected chi connectivity index (χ3v) is 3.66. The number of nitrogens with zero attached hydrogens (tertiary/aromatic N) is 2. The molecule has 8 heteroatoms. The molecule has 112 valence electrons. The van der Waals surface area contributed by atoms with Crippen molar-refractivity contribution in [3.8, 4) is 0 Å². The van der Waals surface area contributed by atoms with Crippen LogP contribution in [0.5, 0.6) is 0 Å². The van der Waals surface area contributed by atoms with E-state index in [1.165, 1.54) is 0 Å². The number of hydrogen-bond donors (Lipinski definition) is 1. The maximum Gasteiger partial charge on any atom is 0.348 e. The molecule has 1 heterocycles. The number of rotatable bonds is 3. The van der Waals surface area contributed by atoms with Crippen LogP contribution in [-0.4, -0.2) is 33.3 Å². The summed E-state index contributed by atoms with van der Waals surface area (Å²) in [5.41, 5.74) is 0.299. The zero-order valence-electron chi connectivity index (χ0n) is 11.3. The molecular weight excluding hydrogens is 317 g/mol. The van der Waals surface area contributed by atoms with Crippen LogP contribution in [0.1, 0.15) is 13.8 Å². The summed E-state index contributed by atoms with van der Waals surface area (Å²) >= 11 is 11.9. The Kier molecular flexibility index (Phi) is 4.11. The third-order valence-electron chi connectivity index (χ3n) is 2.86. The highest BCUT2D eigenvalue weighted by Crippen LogP contribution is 2.37. The van der Waals surface area contributed by atoms with Gasteiger partial charge in [-0.2, -0.15) is 4.42 Å². The first-order valence-corrected chi connectivity index (χ1v) is 6.91. The molecular formula is C13H13Cl2N3O3. The Morgan fingerprint density at radius 2 is 1.81 bits per heavy atom. The predicted octanol–water partition coefficient (Wildman–Crippen LogP) is 2.07. The molecule has 1 unspecified atom stereocenters. The zero-order valence-corrected chi connectivity index (χ0v) is 12.9. The van der Waals surface area contributed by atoms with Crippen LogP contribution in [0.3, 0.4) is 0 Å². The van der Waals surface area contributed by atoms with Gasteiger partial charge in [0, 0.05) is 23.5 Å². The van der Waals surface area contributed by atoms with Gasteiger partial charge in [0.05, 0.1) is 0 Å². The van der Waals surface area contributed by atoms with Crippen LogP contribution in [0.25, 0.3) is 0 Å². The second-order valence-electron chi connectivity index (χ2n) is 4.79. The van der Waals surface area contributed by atoms with Gasteiger partial charge < -0.3 is 5.32 Å². The molecule has 0 aromatic heterocycles. The number of imide groups is 1. The molecule has 1 aliphatic rings. The molecule has 0 saturated carbocycles. The van der Waals surface area contributed by atoms with Crippen molar-refractivity contribution in [1.29, 1.82) is 0 Å². The Hall–Kier alpha value is -1.79. The molecule has 6 nitrogen and oxygen atoms in total. The molecule has 1 saturated heterocycles. The largest absolute Gasteiger partial charge is 0.350 e. The fraction of sp³-hybridized carbons (Fsp3) is 0.308. The number of halogens is 2.